The minimum atomic E-state index is -2.29. The van der Waals surface area contributed by atoms with Gasteiger partial charge in [0.25, 0.3) is 0 Å². The van der Waals surface area contributed by atoms with Crippen LogP contribution in [0, 0.1) is 0 Å². The molecule has 0 unspecified atom stereocenters. The summed E-state index contributed by atoms with van der Waals surface area (Å²) in [6.07, 6.45) is -3.43. The average molecular weight is 354 g/mol. The van der Waals surface area contributed by atoms with E-state index in [1.165, 1.54) is 24.3 Å². The number of benzene rings is 1. The highest BCUT2D eigenvalue weighted by Gasteiger charge is 2.50. The molecular weight excluding hydrogens is 336 g/mol. The van der Waals surface area contributed by atoms with Gasteiger partial charge >= 0.3 is 11.9 Å². The van der Waals surface area contributed by atoms with Crippen molar-refractivity contribution < 1.29 is 45.0 Å². The number of carbonyl (C=O) groups is 2. The van der Waals surface area contributed by atoms with E-state index < -0.39 is 48.7 Å². The molecule has 2 rings (SSSR count). The van der Waals surface area contributed by atoms with Gasteiger partial charge in [-0.25, -0.2) is 9.59 Å². The number of carbonyl (C=O) groups excluding carboxylic acids is 1. The third-order valence-electron chi connectivity index (χ3n) is 3.91. The lowest BCUT2D eigenvalue weighted by Crippen LogP contribution is -2.57. The maximum absolute atomic E-state index is 11.8. The number of aliphatic carboxylic acids is 1. The molecule has 2 atom stereocenters. The third kappa shape index (κ3) is 4.27. The number of carboxylic acids is 1. The summed E-state index contributed by atoms with van der Waals surface area (Å²) in [5.41, 5.74) is -1.90. The summed E-state index contributed by atoms with van der Waals surface area (Å²) in [5, 5.41) is 57.1. The number of aliphatic hydroxyl groups excluding tert-OH is 2. The number of phenolic OH excluding ortho intramolecular Hbond substituents is 2. The second-order valence-electron chi connectivity index (χ2n) is 5.86. The van der Waals surface area contributed by atoms with Gasteiger partial charge in [0, 0.05) is 18.9 Å². The van der Waals surface area contributed by atoms with Crippen LogP contribution in [-0.2, 0) is 14.3 Å². The molecule has 0 bridgehead atoms. The molecule has 6 N–H and O–H groups in total. The molecule has 1 saturated carbocycles. The van der Waals surface area contributed by atoms with Crippen molar-refractivity contribution in [1.29, 1.82) is 0 Å². The van der Waals surface area contributed by atoms with Crippen molar-refractivity contribution in [1.82, 2.24) is 0 Å². The summed E-state index contributed by atoms with van der Waals surface area (Å²) in [4.78, 5) is 22.8. The van der Waals surface area contributed by atoms with E-state index in [0.29, 0.717) is 5.56 Å². The molecule has 0 amide bonds. The number of rotatable bonds is 4. The molecule has 0 aromatic heterocycles. The van der Waals surface area contributed by atoms with E-state index in [4.69, 9.17) is 9.84 Å². The molecule has 0 radical (unpaired) electrons. The predicted molar refractivity (Wildman–Crippen MR) is 82.5 cm³/mol. The van der Waals surface area contributed by atoms with Gasteiger partial charge in [0.2, 0.25) is 0 Å². The first-order chi connectivity index (χ1) is 11.6. The van der Waals surface area contributed by atoms with Crippen LogP contribution < -0.4 is 0 Å². The van der Waals surface area contributed by atoms with Crippen molar-refractivity contribution in [3.63, 3.8) is 0 Å². The number of aromatic hydroxyl groups is 2. The van der Waals surface area contributed by atoms with Gasteiger partial charge < -0.3 is 35.4 Å². The number of ether oxygens (including phenoxy) is 1. The Balaban J connectivity index is 2.01. The normalized spacial score (nSPS) is 29.5. The Morgan fingerprint density at radius 1 is 1.12 bits per heavy atom. The van der Waals surface area contributed by atoms with Crippen molar-refractivity contribution >= 4 is 18.0 Å². The zero-order valence-corrected chi connectivity index (χ0v) is 12.9. The van der Waals surface area contributed by atoms with Crippen LogP contribution in [0.2, 0.25) is 0 Å². The summed E-state index contributed by atoms with van der Waals surface area (Å²) in [7, 11) is 0. The maximum Gasteiger partial charge on any atom is 0.335 e. The van der Waals surface area contributed by atoms with Crippen molar-refractivity contribution in [3.8, 4) is 11.5 Å². The number of aliphatic hydroxyl groups is 3. The van der Waals surface area contributed by atoms with E-state index in [1.54, 1.807) is 0 Å². The standard InChI is InChI=1S/C16H18O9/c17-9-3-1-8(5-10(9)18)2-4-13(21)25-14-11(19)6-16(24,15(22)23)7-12(14)20/h1-5,11-12,14,17-20,24H,6-7H2,(H,22,23)/t11-,12-,14?,16?/m0/s1. The van der Waals surface area contributed by atoms with Crippen LogP contribution in [0.4, 0.5) is 0 Å². The number of carboxylic acid groups (broad SMARTS) is 1. The van der Waals surface area contributed by atoms with Crippen LogP contribution in [0.1, 0.15) is 18.4 Å². The molecule has 1 aliphatic carbocycles. The predicted octanol–water partition coefficient (Wildman–Crippen LogP) is -0.646. The Labute approximate surface area is 142 Å². The van der Waals surface area contributed by atoms with E-state index in [-0.39, 0.29) is 11.5 Å². The van der Waals surface area contributed by atoms with Crippen LogP contribution in [0.25, 0.3) is 6.08 Å². The van der Waals surface area contributed by atoms with E-state index in [2.05, 4.69) is 0 Å². The quantitative estimate of drug-likeness (QED) is 0.234. The average Bonchev–Trinajstić information content (AvgIpc) is 2.52. The number of hydrogen-bond donors (Lipinski definition) is 6. The van der Waals surface area contributed by atoms with Gasteiger partial charge in [-0.15, -0.1) is 0 Å². The molecule has 9 nitrogen and oxygen atoms in total. The van der Waals surface area contributed by atoms with Gasteiger partial charge in [0.1, 0.15) is 0 Å². The molecule has 0 saturated heterocycles. The molecule has 0 heterocycles. The van der Waals surface area contributed by atoms with Crippen molar-refractivity contribution in [2.75, 3.05) is 0 Å². The smallest absolute Gasteiger partial charge is 0.335 e. The Kier molecular flexibility index (Phi) is 5.31. The van der Waals surface area contributed by atoms with E-state index in [9.17, 15) is 35.1 Å². The summed E-state index contributed by atoms with van der Waals surface area (Å²) in [6, 6.07) is 3.86. The first-order valence-electron chi connectivity index (χ1n) is 7.35. The lowest BCUT2D eigenvalue weighted by Gasteiger charge is -2.39. The van der Waals surface area contributed by atoms with Gasteiger partial charge in [-0.05, 0) is 23.8 Å². The number of esters is 1. The zero-order valence-electron chi connectivity index (χ0n) is 12.9. The van der Waals surface area contributed by atoms with Crippen LogP contribution >= 0.6 is 0 Å². The molecule has 0 aliphatic heterocycles. The molecule has 1 aromatic rings. The summed E-state index contributed by atoms with van der Waals surface area (Å²) in [5.74, 6) is -3.19. The Morgan fingerprint density at radius 3 is 2.24 bits per heavy atom. The fourth-order valence-corrected chi connectivity index (χ4v) is 2.58. The highest BCUT2D eigenvalue weighted by atomic mass is 16.6. The van der Waals surface area contributed by atoms with E-state index in [1.807, 2.05) is 0 Å². The van der Waals surface area contributed by atoms with Crippen LogP contribution in [0.5, 0.6) is 11.5 Å². The highest BCUT2D eigenvalue weighted by Crippen LogP contribution is 2.31. The second-order valence-corrected chi connectivity index (χ2v) is 5.86. The summed E-state index contributed by atoms with van der Waals surface area (Å²) < 4.78 is 4.92. The Bertz CT molecular complexity index is 685. The zero-order chi connectivity index (χ0) is 18.8. The van der Waals surface area contributed by atoms with Crippen LogP contribution in [0.3, 0.4) is 0 Å². The van der Waals surface area contributed by atoms with Crippen molar-refractivity contribution in [2.45, 2.75) is 36.8 Å². The highest BCUT2D eigenvalue weighted by molar-refractivity contribution is 5.87. The molecule has 9 heteroatoms. The van der Waals surface area contributed by atoms with E-state index in [0.717, 1.165) is 6.08 Å². The largest absolute Gasteiger partial charge is 0.504 e. The second kappa shape index (κ2) is 7.09. The molecule has 136 valence electrons. The van der Waals surface area contributed by atoms with E-state index >= 15 is 0 Å². The number of phenols is 2. The fourth-order valence-electron chi connectivity index (χ4n) is 2.58. The topological polar surface area (TPSA) is 165 Å². The fraction of sp³-hybridized carbons (Fsp3) is 0.375. The van der Waals surface area contributed by atoms with Gasteiger partial charge in [-0.1, -0.05) is 6.07 Å². The lowest BCUT2D eigenvalue weighted by molar-refractivity contribution is -0.196. The summed E-state index contributed by atoms with van der Waals surface area (Å²) in [6.45, 7) is 0. The Morgan fingerprint density at radius 2 is 1.72 bits per heavy atom. The van der Waals surface area contributed by atoms with Gasteiger partial charge in [-0.2, -0.15) is 0 Å². The molecule has 25 heavy (non-hydrogen) atoms. The van der Waals surface area contributed by atoms with Crippen molar-refractivity contribution in [3.05, 3.63) is 29.8 Å². The summed E-state index contributed by atoms with van der Waals surface area (Å²) >= 11 is 0. The molecule has 0 spiro atoms. The molecule has 1 aliphatic rings. The SMILES string of the molecule is O=C(C=Cc1ccc(O)c(O)c1)OC1[C@@H](O)CC(O)(C(=O)O)C[C@@H]1O. The Hall–Kier alpha value is -2.62. The monoisotopic (exact) mass is 354 g/mol. The van der Waals surface area contributed by atoms with Gasteiger partial charge in [-0.3, -0.25) is 0 Å². The lowest BCUT2D eigenvalue weighted by atomic mass is 9.79. The van der Waals surface area contributed by atoms with Crippen LogP contribution in [0.15, 0.2) is 24.3 Å². The van der Waals surface area contributed by atoms with Crippen molar-refractivity contribution in [2.24, 2.45) is 0 Å². The number of hydrogen-bond acceptors (Lipinski definition) is 8. The third-order valence-corrected chi connectivity index (χ3v) is 3.91. The van der Waals surface area contributed by atoms with Crippen LogP contribution in [-0.4, -0.2) is 66.5 Å². The molecular formula is C16H18O9. The molecule has 1 fully saturated rings. The first-order valence-corrected chi connectivity index (χ1v) is 7.35. The van der Waals surface area contributed by atoms with Gasteiger partial charge in [0.05, 0.1) is 12.2 Å². The minimum Gasteiger partial charge on any atom is -0.504 e. The minimum absolute atomic E-state index is 0.320. The first kappa shape index (κ1) is 18.7. The van der Waals surface area contributed by atoms with Gasteiger partial charge in [0.15, 0.2) is 23.2 Å². The maximum atomic E-state index is 11.8. The molecule has 1 aromatic carbocycles.